The van der Waals surface area contributed by atoms with Gasteiger partial charge in [-0.25, -0.2) is 0 Å². The molecule has 1 aromatic rings. The van der Waals surface area contributed by atoms with Gasteiger partial charge in [-0.05, 0) is 40.8 Å². The van der Waals surface area contributed by atoms with Gasteiger partial charge in [-0.1, -0.05) is 6.07 Å². The molecule has 0 bridgehead atoms. The minimum Gasteiger partial charge on any atom is -0.327 e. The standard InChI is InChI=1S/C12H15IN2O/c13-10-4-3-5-11(8-10)14-12(16)9-15-6-1-2-7-15/h3-5,8H,1-2,6-7,9H2,(H,14,16)/p+1. The van der Waals surface area contributed by atoms with Crippen molar-refractivity contribution in [3.8, 4) is 0 Å². The number of carbonyl (C=O) groups excluding carboxylic acids is 1. The highest BCUT2D eigenvalue weighted by Gasteiger charge is 2.18. The molecule has 3 nitrogen and oxygen atoms in total. The lowest BCUT2D eigenvalue weighted by atomic mass is 10.3. The molecule has 0 aromatic heterocycles. The summed E-state index contributed by atoms with van der Waals surface area (Å²) >= 11 is 2.25. The van der Waals surface area contributed by atoms with E-state index in [1.807, 2.05) is 24.3 Å². The van der Waals surface area contributed by atoms with E-state index < -0.39 is 0 Å². The van der Waals surface area contributed by atoms with Crippen molar-refractivity contribution < 1.29 is 9.69 Å². The number of anilines is 1. The summed E-state index contributed by atoms with van der Waals surface area (Å²) in [6.45, 7) is 2.88. The van der Waals surface area contributed by atoms with E-state index in [0.29, 0.717) is 6.54 Å². The van der Waals surface area contributed by atoms with Crippen molar-refractivity contribution in [2.24, 2.45) is 0 Å². The third-order valence-corrected chi connectivity index (χ3v) is 3.50. The number of quaternary nitrogens is 1. The summed E-state index contributed by atoms with van der Waals surface area (Å²) in [6, 6.07) is 7.89. The third-order valence-electron chi connectivity index (χ3n) is 2.83. The predicted octanol–water partition coefficient (Wildman–Crippen LogP) is 0.908. The summed E-state index contributed by atoms with van der Waals surface area (Å²) in [4.78, 5) is 13.2. The van der Waals surface area contributed by atoms with E-state index in [0.717, 1.165) is 22.3 Å². The van der Waals surface area contributed by atoms with Crippen LogP contribution < -0.4 is 10.2 Å². The Kier molecular flexibility index (Phi) is 4.17. The molecule has 1 aliphatic rings. The summed E-state index contributed by atoms with van der Waals surface area (Å²) in [5.74, 6) is 0.124. The fraction of sp³-hybridized carbons (Fsp3) is 0.417. The van der Waals surface area contributed by atoms with Gasteiger partial charge in [-0.15, -0.1) is 0 Å². The molecule has 1 aliphatic heterocycles. The average Bonchev–Trinajstić information content (AvgIpc) is 2.70. The Labute approximate surface area is 109 Å². The van der Waals surface area contributed by atoms with Gasteiger partial charge in [0, 0.05) is 22.1 Å². The lowest BCUT2D eigenvalue weighted by molar-refractivity contribution is -0.878. The summed E-state index contributed by atoms with van der Waals surface area (Å²) < 4.78 is 1.14. The second-order valence-corrected chi connectivity index (χ2v) is 5.44. The molecule has 0 unspecified atom stereocenters. The average molecular weight is 331 g/mol. The van der Waals surface area contributed by atoms with Crippen molar-refractivity contribution in [2.45, 2.75) is 12.8 Å². The lowest BCUT2D eigenvalue weighted by Gasteiger charge is -2.11. The van der Waals surface area contributed by atoms with Crippen molar-refractivity contribution in [1.82, 2.24) is 0 Å². The van der Waals surface area contributed by atoms with E-state index >= 15 is 0 Å². The smallest absolute Gasteiger partial charge is 0.279 e. The quantitative estimate of drug-likeness (QED) is 0.793. The van der Waals surface area contributed by atoms with Crippen LogP contribution in [0.15, 0.2) is 24.3 Å². The van der Waals surface area contributed by atoms with Crippen LogP contribution in [0.2, 0.25) is 0 Å². The van der Waals surface area contributed by atoms with Crippen LogP contribution in [0.1, 0.15) is 12.8 Å². The van der Waals surface area contributed by atoms with Crippen molar-refractivity contribution in [3.63, 3.8) is 0 Å². The van der Waals surface area contributed by atoms with Crippen molar-refractivity contribution in [2.75, 3.05) is 25.0 Å². The number of halogens is 1. The van der Waals surface area contributed by atoms with Crippen molar-refractivity contribution >= 4 is 34.2 Å². The molecule has 0 saturated carbocycles. The van der Waals surface area contributed by atoms with Crippen LogP contribution in [0.5, 0.6) is 0 Å². The van der Waals surface area contributed by atoms with Crippen LogP contribution in [0, 0.1) is 3.57 Å². The van der Waals surface area contributed by atoms with Gasteiger partial charge in [0.25, 0.3) is 5.91 Å². The summed E-state index contributed by atoms with van der Waals surface area (Å²) in [5.41, 5.74) is 0.899. The Morgan fingerprint density at radius 2 is 2.12 bits per heavy atom. The van der Waals surface area contributed by atoms with Crippen molar-refractivity contribution in [1.29, 1.82) is 0 Å². The molecule has 1 amide bonds. The first kappa shape index (κ1) is 11.9. The Morgan fingerprint density at radius 3 is 2.81 bits per heavy atom. The molecule has 4 heteroatoms. The Hall–Kier alpha value is -0.620. The molecule has 0 atom stereocenters. The number of hydrogen-bond acceptors (Lipinski definition) is 1. The summed E-state index contributed by atoms with van der Waals surface area (Å²) in [5, 5.41) is 2.95. The molecule has 1 aromatic carbocycles. The molecule has 0 radical (unpaired) electrons. The maximum atomic E-state index is 11.7. The summed E-state index contributed by atoms with van der Waals surface area (Å²) in [6.07, 6.45) is 2.51. The Morgan fingerprint density at radius 1 is 1.38 bits per heavy atom. The van der Waals surface area contributed by atoms with E-state index in [1.165, 1.54) is 17.7 Å². The van der Waals surface area contributed by atoms with Gasteiger partial charge in [-0.2, -0.15) is 0 Å². The fourth-order valence-electron chi connectivity index (χ4n) is 2.05. The molecule has 2 N–H and O–H groups in total. The maximum absolute atomic E-state index is 11.7. The SMILES string of the molecule is O=C(C[NH+]1CCCC1)Nc1cccc(I)c1. The number of hydrogen-bond donors (Lipinski definition) is 2. The second-order valence-electron chi connectivity index (χ2n) is 4.19. The predicted molar refractivity (Wildman–Crippen MR) is 72.6 cm³/mol. The van der Waals surface area contributed by atoms with Crippen LogP contribution in [0.4, 0.5) is 5.69 Å². The molecule has 16 heavy (non-hydrogen) atoms. The third kappa shape index (κ3) is 3.45. The number of nitrogens with one attached hydrogen (secondary N) is 2. The zero-order valence-electron chi connectivity index (χ0n) is 9.13. The monoisotopic (exact) mass is 331 g/mol. The van der Waals surface area contributed by atoms with E-state index in [1.54, 1.807) is 0 Å². The van der Waals surface area contributed by atoms with Crippen LogP contribution in [-0.2, 0) is 4.79 Å². The maximum Gasteiger partial charge on any atom is 0.279 e. The Bertz CT molecular complexity index is 375. The molecule has 1 heterocycles. The van der Waals surface area contributed by atoms with Crippen LogP contribution in [-0.4, -0.2) is 25.5 Å². The zero-order chi connectivity index (χ0) is 11.4. The lowest BCUT2D eigenvalue weighted by Crippen LogP contribution is -3.11. The number of carbonyl (C=O) groups is 1. The highest BCUT2D eigenvalue weighted by molar-refractivity contribution is 14.1. The highest BCUT2D eigenvalue weighted by atomic mass is 127. The van der Waals surface area contributed by atoms with Crippen LogP contribution >= 0.6 is 22.6 Å². The van der Waals surface area contributed by atoms with Gasteiger partial charge in [0.1, 0.15) is 0 Å². The first-order chi connectivity index (χ1) is 7.74. The van der Waals surface area contributed by atoms with E-state index in [9.17, 15) is 4.79 Å². The van der Waals surface area contributed by atoms with Gasteiger partial charge >= 0.3 is 0 Å². The van der Waals surface area contributed by atoms with Gasteiger partial charge in [-0.3, -0.25) is 4.79 Å². The molecular formula is C12H16IN2O+. The van der Waals surface area contributed by atoms with Gasteiger partial charge in [0.2, 0.25) is 0 Å². The van der Waals surface area contributed by atoms with Gasteiger partial charge in [0.15, 0.2) is 6.54 Å². The van der Waals surface area contributed by atoms with E-state index in [4.69, 9.17) is 0 Å². The molecule has 0 aliphatic carbocycles. The second kappa shape index (κ2) is 5.63. The fourth-order valence-corrected chi connectivity index (χ4v) is 2.59. The molecule has 2 rings (SSSR count). The van der Waals surface area contributed by atoms with Crippen LogP contribution in [0.25, 0.3) is 0 Å². The number of rotatable bonds is 3. The normalized spacial score (nSPS) is 16.3. The minimum atomic E-state index is 0.124. The minimum absolute atomic E-state index is 0.124. The molecule has 0 spiro atoms. The van der Waals surface area contributed by atoms with E-state index in [2.05, 4.69) is 27.9 Å². The summed E-state index contributed by atoms with van der Waals surface area (Å²) in [7, 11) is 0. The number of likely N-dealkylation sites (tertiary alicyclic amines) is 1. The van der Waals surface area contributed by atoms with Gasteiger partial charge < -0.3 is 10.2 Å². The van der Waals surface area contributed by atoms with Crippen molar-refractivity contribution in [3.05, 3.63) is 27.8 Å². The first-order valence-corrected chi connectivity index (χ1v) is 6.71. The largest absolute Gasteiger partial charge is 0.327 e. The van der Waals surface area contributed by atoms with E-state index in [-0.39, 0.29) is 5.91 Å². The first-order valence-electron chi connectivity index (χ1n) is 5.63. The topological polar surface area (TPSA) is 33.5 Å². The number of amides is 1. The highest BCUT2D eigenvalue weighted by Crippen LogP contribution is 2.11. The number of benzene rings is 1. The molecular weight excluding hydrogens is 315 g/mol. The van der Waals surface area contributed by atoms with Gasteiger partial charge in [0.05, 0.1) is 13.1 Å². The zero-order valence-corrected chi connectivity index (χ0v) is 11.3. The molecule has 86 valence electrons. The Balaban J connectivity index is 1.86. The van der Waals surface area contributed by atoms with Crippen LogP contribution in [0.3, 0.4) is 0 Å². The molecule has 1 saturated heterocycles. The molecule has 1 fully saturated rings.